The third kappa shape index (κ3) is 3.34. The predicted octanol–water partition coefficient (Wildman–Crippen LogP) is 3.65. The second-order valence-corrected chi connectivity index (χ2v) is 9.99. The van der Waals surface area contributed by atoms with Gasteiger partial charge in [0.2, 0.25) is 0 Å². The third-order valence-electron chi connectivity index (χ3n) is 8.20. The van der Waals surface area contributed by atoms with Crippen LogP contribution in [0.5, 0.6) is 5.75 Å². The molecule has 3 heterocycles. The highest BCUT2D eigenvalue weighted by Gasteiger charge is 2.53. The molecule has 3 aromatic rings. The van der Waals surface area contributed by atoms with Gasteiger partial charge in [0.1, 0.15) is 24.5 Å². The molecule has 1 aliphatic carbocycles. The van der Waals surface area contributed by atoms with Crippen LogP contribution in [0.2, 0.25) is 0 Å². The first-order valence-electron chi connectivity index (χ1n) is 12.2. The molecule has 5 heteroatoms. The van der Waals surface area contributed by atoms with E-state index in [1.165, 1.54) is 0 Å². The van der Waals surface area contributed by atoms with Crippen molar-refractivity contribution in [2.24, 2.45) is 0 Å². The van der Waals surface area contributed by atoms with E-state index in [0.29, 0.717) is 17.7 Å². The van der Waals surface area contributed by atoms with Gasteiger partial charge in [0, 0.05) is 24.9 Å². The lowest BCUT2D eigenvalue weighted by Gasteiger charge is -2.54. The summed E-state index contributed by atoms with van der Waals surface area (Å²) in [5.41, 5.74) is 0.154. The summed E-state index contributed by atoms with van der Waals surface area (Å²) >= 11 is 0. The topological polar surface area (TPSA) is 58.6 Å². The number of para-hydroxylation sites is 1. The maximum absolute atomic E-state index is 14.2. The van der Waals surface area contributed by atoms with Crippen LogP contribution in [0.4, 0.5) is 0 Å². The summed E-state index contributed by atoms with van der Waals surface area (Å²) in [6, 6.07) is 24.8. The van der Waals surface area contributed by atoms with Crippen molar-refractivity contribution in [3.8, 4) is 16.9 Å². The molecular formula is C29H29NO4. The van der Waals surface area contributed by atoms with Crippen molar-refractivity contribution >= 4 is 5.97 Å². The highest BCUT2D eigenvalue weighted by molar-refractivity contribution is 5.95. The van der Waals surface area contributed by atoms with E-state index >= 15 is 0 Å². The zero-order valence-electron chi connectivity index (χ0n) is 19.2. The Labute approximate surface area is 200 Å². The Morgan fingerprint density at radius 2 is 1.32 bits per heavy atom. The number of ether oxygens (including phenoxy) is 2. The van der Waals surface area contributed by atoms with Crippen LogP contribution in [-0.4, -0.2) is 48.8 Å². The van der Waals surface area contributed by atoms with Gasteiger partial charge in [-0.2, -0.15) is 0 Å². The Hall–Kier alpha value is -3.15. The fraction of sp³-hybridized carbons (Fsp3) is 0.345. The largest absolute Gasteiger partial charge is 0.834 e. The number of fused-ring (bicyclic) bond motifs is 6. The summed E-state index contributed by atoms with van der Waals surface area (Å²) in [5, 5.41) is 14.2. The van der Waals surface area contributed by atoms with Crippen molar-refractivity contribution < 1.29 is 23.9 Å². The minimum atomic E-state index is -2.01. The van der Waals surface area contributed by atoms with Gasteiger partial charge in [-0.1, -0.05) is 66.7 Å². The van der Waals surface area contributed by atoms with Crippen molar-refractivity contribution in [1.82, 2.24) is 0 Å². The number of benzene rings is 3. The third-order valence-corrected chi connectivity index (χ3v) is 8.20. The van der Waals surface area contributed by atoms with Gasteiger partial charge in [0.15, 0.2) is 0 Å². The van der Waals surface area contributed by atoms with E-state index in [4.69, 9.17) is 9.47 Å². The molecule has 3 aromatic carbocycles. The predicted molar refractivity (Wildman–Crippen MR) is 127 cm³/mol. The molecule has 174 valence electrons. The van der Waals surface area contributed by atoms with Crippen LogP contribution < -0.4 is 9.84 Å². The maximum atomic E-state index is 14.2. The number of quaternary nitrogens is 1. The Balaban J connectivity index is 1.16. The highest BCUT2D eigenvalue weighted by atomic mass is 16.6. The van der Waals surface area contributed by atoms with Crippen LogP contribution in [0.1, 0.15) is 30.4 Å². The number of hydrogen-bond acceptors (Lipinski definition) is 4. The first kappa shape index (κ1) is 21.4. The Bertz CT molecular complexity index is 1150. The molecule has 0 N–H and O–H groups in total. The summed E-state index contributed by atoms with van der Waals surface area (Å²) in [6.07, 6.45) is 2.39. The van der Waals surface area contributed by atoms with Gasteiger partial charge in [-0.3, -0.25) is 4.79 Å². The maximum Gasteiger partial charge on any atom is 0.304 e. The highest BCUT2D eigenvalue weighted by Crippen LogP contribution is 2.48. The van der Waals surface area contributed by atoms with Gasteiger partial charge in [0.25, 0.3) is 0 Å². The minimum Gasteiger partial charge on any atom is -0.834 e. The van der Waals surface area contributed by atoms with Gasteiger partial charge in [-0.25, -0.2) is 0 Å². The van der Waals surface area contributed by atoms with E-state index in [2.05, 4.69) is 0 Å². The van der Waals surface area contributed by atoms with Gasteiger partial charge >= 0.3 is 5.97 Å². The van der Waals surface area contributed by atoms with Crippen molar-refractivity contribution in [3.05, 3.63) is 90.0 Å². The number of rotatable bonds is 6. The zero-order valence-corrected chi connectivity index (χ0v) is 19.2. The summed E-state index contributed by atoms with van der Waals surface area (Å²) in [6.45, 7) is 4.47. The zero-order chi connectivity index (χ0) is 23.2. The second kappa shape index (κ2) is 7.97. The fourth-order valence-corrected chi connectivity index (χ4v) is 6.08. The molecule has 0 radical (unpaired) electrons. The van der Waals surface area contributed by atoms with Gasteiger partial charge in [-0.05, 0) is 34.4 Å². The molecule has 0 unspecified atom stereocenters. The summed E-state index contributed by atoms with van der Waals surface area (Å²) < 4.78 is 13.1. The van der Waals surface area contributed by atoms with Crippen molar-refractivity contribution in [1.29, 1.82) is 0 Å². The molecule has 3 saturated heterocycles. The summed E-state index contributed by atoms with van der Waals surface area (Å²) in [4.78, 5) is 13.6. The standard InChI is InChI=1S/C29H29NO4/c31-27(29(32)25-12-6-4-10-23(25)24-11-5-7-13-26(24)29)34-28-14-17-30(18-15-28,19-16-28)20-21-33-22-8-2-1-3-9-22/h1-13H,14-21H2. The molecule has 34 heavy (non-hydrogen) atoms. The number of nitrogens with zero attached hydrogens (tertiary/aromatic N) is 1. The number of carbonyl (C=O) groups is 1. The van der Waals surface area contributed by atoms with E-state index in [-0.39, 0.29) is 0 Å². The van der Waals surface area contributed by atoms with Crippen molar-refractivity contribution in [2.75, 3.05) is 32.8 Å². The van der Waals surface area contributed by atoms with Crippen LogP contribution in [0.15, 0.2) is 78.9 Å². The molecule has 5 nitrogen and oxygen atoms in total. The monoisotopic (exact) mass is 455 g/mol. The van der Waals surface area contributed by atoms with Crippen LogP contribution >= 0.6 is 0 Å². The molecular weight excluding hydrogens is 426 g/mol. The smallest absolute Gasteiger partial charge is 0.304 e. The Morgan fingerprint density at radius 3 is 1.91 bits per heavy atom. The van der Waals surface area contributed by atoms with E-state index in [9.17, 15) is 9.90 Å². The molecule has 4 aliphatic rings. The fourth-order valence-electron chi connectivity index (χ4n) is 6.08. The van der Waals surface area contributed by atoms with Crippen LogP contribution in [0.25, 0.3) is 11.1 Å². The first-order chi connectivity index (χ1) is 16.5. The number of esters is 1. The van der Waals surface area contributed by atoms with Gasteiger partial charge < -0.3 is 19.1 Å². The van der Waals surface area contributed by atoms with Gasteiger partial charge in [-0.15, -0.1) is 0 Å². The number of hydrogen-bond donors (Lipinski definition) is 0. The van der Waals surface area contributed by atoms with E-state index < -0.39 is 17.2 Å². The minimum absolute atomic E-state index is 0.507. The molecule has 7 rings (SSSR count). The lowest BCUT2D eigenvalue weighted by molar-refractivity contribution is -0.944. The second-order valence-electron chi connectivity index (χ2n) is 9.99. The van der Waals surface area contributed by atoms with E-state index in [1.807, 2.05) is 66.7 Å². The first-order valence-corrected chi connectivity index (χ1v) is 12.2. The van der Waals surface area contributed by atoms with Crippen LogP contribution in [0.3, 0.4) is 0 Å². The average Bonchev–Trinajstić information content (AvgIpc) is 3.16. The summed E-state index contributed by atoms with van der Waals surface area (Å²) in [7, 11) is 0. The van der Waals surface area contributed by atoms with Crippen LogP contribution in [-0.2, 0) is 15.1 Å². The molecule has 0 spiro atoms. The molecule has 0 atom stereocenters. The number of piperidine rings is 3. The quantitative estimate of drug-likeness (QED) is 0.421. The van der Waals surface area contributed by atoms with E-state index in [1.54, 1.807) is 12.1 Å². The normalized spacial score (nSPS) is 25.9. The van der Waals surface area contributed by atoms with E-state index in [0.717, 1.165) is 66.8 Å². The molecule has 0 saturated carbocycles. The molecule has 0 amide bonds. The lowest BCUT2D eigenvalue weighted by Crippen LogP contribution is -2.67. The van der Waals surface area contributed by atoms with Crippen molar-refractivity contribution in [3.63, 3.8) is 0 Å². The molecule has 2 bridgehead atoms. The van der Waals surface area contributed by atoms with Crippen LogP contribution in [0, 0.1) is 0 Å². The van der Waals surface area contributed by atoms with Crippen molar-refractivity contribution in [2.45, 2.75) is 30.5 Å². The molecule has 3 fully saturated rings. The Kier molecular flexibility index (Phi) is 5.01. The Morgan fingerprint density at radius 1 is 0.794 bits per heavy atom. The molecule has 0 aromatic heterocycles. The lowest BCUT2D eigenvalue weighted by atomic mass is 9.80. The molecule has 3 aliphatic heterocycles. The summed E-state index contributed by atoms with van der Waals surface area (Å²) in [5.74, 6) is 0.245. The number of carbonyl (C=O) groups excluding carboxylic acids is 1. The SMILES string of the molecule is O=C(OC12CC[N+](CCOc3ccccc3)(CC1)CC2)C1([O-])c2ccccc2-c2ccccc21. The average molecular weight is 456 g/mol. The van der Waals surface area contributed by atoms with Gasteiger partial charge in [0.05, 0.1) is 19.6 Å².